The molecule has 29 heavy (non-hydrogen) atoms. The lowest BCUT2D eigenvalue weighted by Crippen LogP contribution is -2.17. The first-order valence-electron chi connectivity index (χ1n) is 8.79. The Morgan fingerprint density at radius 2 is 1.86 bits per heavy atom. The van der Waals surface area contributed by atoms with Crippen molar-refractivity contribution in [2.45, 2.75) is 16.5 Å². The summed E-state index contributed by atoms with van der Waals surface area (Å²) >= 11 is 7.36. The van der Waals surface area contributed by atoms with E-state index in [1.54, 1.807) is 47.7 Å². The first-order valence-corrected chi connectivity index (χ1v) is 9.99. The molecule has 4 rings (SSSR count). The summed E-state index contributed by atoms with van der Waals surface area (Å²) in [5, 5.41) is 8.51. The second-order valence-corrected chi connectivity index (χ2v) is 7.60. The molecule has 0 spiro atoms. The average molecular weight is 422 g/mol. The lowest BCUT2D eigenvalue weighted by Gasteiger charge is -2.11. The van der Waals surface area contributed by atoms with Crippen molar-refractivity contribution in [3.05, 3.63) is 95.5 Å². The number of amides is 1. The molecule has 0 radical (unpaired) electrons. The molecule has 0 fully saturated rings. The maximum absolute atomic E-state index is 12.9. The molecular weight excluding hydrogens is 406 g/mol. The zero-order valence-electron chi connectivity index (χ0n) is 15.2. The van der Waals surface area contributed by atoms with E-state index in [0.717, 1.165) is 10.5 Å². The van der Waals surface area contributed by atoms with Gasteiger partial charge >= 0.3 is 0 Å². The van der Waals surface area contributed by atoms with Crippen LogP contribution in [0.2, 0.25) is 5.02 Å². The highest BCUT2D eigenvalue weighted by molar-refractivity contribution is 7.99. The van der Waals surface area contributed by atoms with Crippen molar-refractivity contribution in [2.24, 2.45) is 0 Å². The van der Waals surface area contributed by atoms with Gasteiger partial charge in [0, 0.05) is 34.6 Å². The Hall–Kier alpha value is -3.16. The van der Waals surface area contributed by atoms with Gasteiger partial charge in [0.05, 0.1) is 18.3 Å². The Bertz CT molecular complexity index is 1120. The average Bonchev–Trinajstić information content (AvgIpc) is 3.17. The highest BCUT2D eigenvalue weighted by Crippen LogP contribution is 2.30. The maximum Gasteiger partial charge on any atom is 0.259 e. The summed E-state index contributed by atoms with van der Waals surface area (Å²) in [6, 6.07) is 16.5. The van der Waals surface area contributed by atoms with Crippen molar-refractivity contribution < 1.29 is 4.79 Å². The molecule has 144 valence electrons. The van der Waals surface area contributed by atoms with Gasteiger partial charge in [-0.3, -0.25) is 9.78 Å². The fourth-order valence-corrected chi connectivity index (χ4v) is 3.68. The number of pyridine rings is 2. The van der Waals surface area contributed by atoms with Crippen molar-refractivity contribution in [3.8, 4) is 0 Å². The van der Waals surface area contributed by atoms with Crippen molar-refractivity contribution in [1.29, 1.82) is 0 Å². The molecular formula is C21H16ClN5OS. The Kier molecular flexibility index (Phi) is 5.88. The van der Waals surface area contributed by atoms with E-state index < -0.39 is 0 Å². The lowest BCUT2D eigenvalue weighted by atomic mass is 10.2. The smallest absolute Gasteiger partial charge is 0.259 e. The summed E-state index contributed by atoms with van der Waals surface area (Å²) < 4.78 is 1.72. The second-order valence-electron chi connectivity index (χ2n) is 6.10. The van der Waals surface area contributed by atoms with Crippen LogP contribution in [-0.2, 0) is 6.54 Å². The first kappa shape index (κ1) is 19.2. The number of carbonyl (C=O) groups excluding carboxylic acids is 1. The number of hydrogen-bond donors (Lipinski definition) is 1. The number of carbonyl (C=O) groups is 1. The van der Waals surface area contributed by atoms with Gasteiger partial charge in [0.2, 0.25) is 0 Å². The zero-order chi connectivity index (χ0) is 20.1. The van der Waals surface area contributed by atoms with Crippen LogP contribution in [0, 0.1) is 0 Å². The lowest BCUT2D eigenvalue weighted by molar-refractivity contribution is 0.102. The Balaban J connectivity index is 1.53. The van der Waals surface area contributed by atoms with Gasteiger partial charge in [-0.2, -0.15) is 5.10 Å². The van der Waals surface area contributed by atoms with Crippen molar-refractivity contribution >= 4 is 35.1 Å². The first-order chi connectivity index (χ1) is 14.2. The Morgan fingerprint density at radius 1 is 1.03 bits per heavy atom. The molecule has 8 heteroatoms. The molecule has 0 aliphatic rings. The van der Waals surface area contributed by atoms with Crippen molar-refractivity contribution in [3.63, 3.8) is 0 Å². The van der Waals surface area contributed by atoms with Crippen molar-refractivity contribution in [1.82, 2.24) is 19.7 Å². The predicted molar refractivity (Wildman–Crippen MR) is 113 cm³/mol. The number of nitrogens with one attached hydrogen (secondary N) is 1. The van der Waals surface area contributed by atoms with E-state index in [4.69, 9.17) is 11.6 Å². The summed E-state index contributed by atoms with van der Waals surface area (Å²) in [4.78, 5) is 22.4. The second kappa shape index (κ2) is 8.89. The highest BCUT2D eigenvalue weighted by atomic mass is 35.5. The van der Waals surface area contributed by atoms with Crippen LogP contribution in [0.3, 0.4) is 0 Å². The van der Waals surface area contributed by atoms with E-state index >= 15 is 0 Å². The normalized spacial score (nSPS) is 10.7. The summed E-state index contributed by atoms with van der Waals surface area (Å²) in [6.45, 7) is 0.510. The molecule has 0 unspecified atom stereocenters. The van der Waals surface area contributed by atoms with Gasteiger partial charge in [0.1, 0.15) is 10.8 Å². The van der Waals surface area contributed by atoms with Gasteiger partial charge in [-0.15, -0.1) is 0 Å². The fourth-order valence-electron chi connectivity index (χ4n) is 2.67. The highest BCUT2D eigenvalue weighted by Gasteiger charge is 2.15. The Morgan fingerprint density at radius 3 is 2.66 bits per heavy atom. The van der Waals surface area contributed by atoms with Crippen molar-refractivity contribution in [2.75, 3.05) is 5.32 Å². The molecule has 6 nitrogen and oxygen atoms in total. The SMILES string of the molecule is O=C(Nc1ccnn1Cc1cccnc1)c1cccnc1Sc1ccc(Cl)cc1. The van der Waals surface area contributed by atoms with Crippen LogP contribution >= 0.6 is 23.4 Å². The number of nitrogens with zero attached hydrogens (tertiary/aromatic N) is 4. The summed E-state index contributed by atoms with van der Waals surface area (Å²) in [7, 11) is 0. The van der Waals surface area contributed by atoms with Crippen LogP contribution < -0.4 is 5.32 Å². The maximum atomic E-state index is 12.9. The molecule has 3 heterocycles. The Labute approximate surface area is 177 Å². The minimum atomic E-state index is -0.248. The van der Waals surface area contributed by atoms with Gasteiger partial charge in [-0.05, 0) is 48.0 Å². The summed E-state index contributed by atoms with van der Waals surface area (Å²) in [6.07, 6.45) is 6.81. The van der Waals surface area contributed by atoms with E-state index in [1.165, 1.54) is 11.8 Å². The van der Waals surface area contributed by atoms with E-state index in [9.17, 15) is 4.79 Å². The molecule has 0 bridgehead atoms. The molecule has 0 saturated heterocycles. The van der Waals surface area contributed by atoms with E-state index in [0.29, 0.717) is 28.0 Å². The van der Waals surface area contributed by atoms with Crippen LogP contribution in [0.15, 0.2) is 89.3 Å². The molecule has 1 N–H and O–H groups in total. The van der Waals surface area contributed by atoms with Gasteiger partial charge in [0.15, 0.2) is 0 Å². The standard InChI is InChI=1S/C21H16ClN5OS/c22-16-5-7-17(8-6-16)29-21-18(4-2-11-24-21)20(28)26-19-9-12-25-27(19)14-15-3-1-10-23-13-15/h1-13H,14H2,(H,26,28). The zero-order valence-corrected chi connectivity index (χ0v) is 16.8. The minimum Gasteiger partial charge on any atom is -0.307 e. The third-order valence-electron chi connectivity index (χ3n) is 4.06. The van der Waals surface area contributed by atoms with Crippen LogP contribution in [0.25, 0.3) is 0 Å². The molecule has 4 aromatic rings. The van der Waals surface area contributed by atoms with Crippen LogP contribution in [0.5, 0.6) is 0 Å². The number of hydrogen-bond acceptors (Lipinski definition) is 5. The van der Waals surface area contributed by atoms with E-state index in [1.807, 2.05) is 36.4 Å². The molecule has 0 aliphatic heterocycles. The fraction of sp³-hybridized carbons (Fsp3) is 0.0476. The molecule has 3 aromatic heterocycles. The van der Waals surface area contributed by atoms with Crippen LogP contribution in [0.4, 0.5) is 5.82 Å². The van der Waals surface area contributed by atoms with Gasteiger partial charge in [0.25, 0.3) is 5.91 Å². The van der Waals surface area contributed by atoms with E-state index in [-0.39, 0.29) is 5.91 Å². The van der Waals surface area contributed by atoms with Gasteiger partial charge < -0.3 is 5.32 Å². The largest absolute Gasteiger partial charge is 0.307 e. The van der Waals surface area contributed by atoms with Gasteiger partial charge in [-0.1, -0.05) is 29.4 Å². The predicted octanol–water partition coefficient (Wildman–Crippen LogP) is 4.78. The number of benzene rings is 1. The topological polar surface area (TPSA) is 72.7 Å². The van der Waals surface area contributed by atoms with E-state index in [2.05, 4.69) is 20.4 Å². The molecule has 1 amide bonds. The number of rotatable bonds is 6. The molecule has 0 saturated carbocycles. The summed E-state index contributed by atoms with van der Waals surface area (Å²) in [5.41, 5.74) is 1.48. The molecule has 0 aliphatic carbocycles. The third-order valence-corrected chi connectivity index (χ3v) is 5.34. The van der Waals surface area contributed by atoms with Gasteiger partial charge in [-0.25, -0.2) is 9.67 Å². The summed E-state index contributed by atoms with van der Waals surface area (Å²) in [5.74, 6) is 0.354. The number of anilines is 1. The minimum absolute atomic E-state index is 0.248. The van der Waals surface area contributed by atoms with Crippen LogP contribution in [-0.4, -0.2) is 25.7 Å². The number of aromatic nitrogens is 4. The molecule has 0 atom stereocenters. The monoisotopic (exact) mass is 421 g/mol. The quantitative estimate of drug-likeness (QED) is 0.485. The third kappa shape index (κ3) is 4.82. The van der Waals surface area contributed by atoms with Crippen LogP contribution in [0.1, 0.15) is 15.9 Å². The molecule has 1 aromatic carbocycles. The number of halogens is 1.